The van der Waals surface area contributed by atoms with Gasteiger partial charge in [-0.05, 0) is 35.0 Å². The molecule has 0 saturated carbocycles. The first-order valence-electron chi connectivity index (χ1n) is 5.83. The van der Waals surface area contributed by atoms with Crippen LogP contribution >= 0.6 is 39.1 Å². The van der Waals surface area contributed by atoms with E-state index >= 15 is 0 Å². The molecule has 0 fully saturated rings. The number of hydrogen-bond donors (Lipinski definition) is 1. The van der Waals surface area contributed by atoms with Gasteiger partial charge in [-0.2, -0.15) is 0 Å². The van der Waals surface area contributed by atoms with Crippen LogP contribution in [-0.4, -0.2) is 15.6 Å². The molecule has 0 saturated heterocycles. The van der Waals surface area contributed by atoms with Gasteiger partial charge in [0.15, 0.2) is 0 Å². The van der Waals surface area contributed by atoms with Crippen LogP contribution in [0.1, 0.15) is 16.1 Å². The lowest BCUT2D eigenvalue weighted by molar-refractivity contribution is 0.0695. The van der Waals surface area contributed by atoms with Crippen LogP contribution in [0.2, 0.25) is 10.0 Å². The highest BCUT2D eigenvalue weighted by Gasteiger charge is 2.23. The summed E-state index contributed by atoms with van der Waals surface area (Å²) in [5, 5.41) is 10.0. The quantitative estimate of drug-likeness (QED) is 0.838. The smallest absolute Gasteiger partial charge is 0.341 e. The zero-order valence-corrected chi connectivity index (χ0v) is 14.2. The van der Waals surface area contributed by atoms with Crippen molar-refractivity contribution in [3.05, 3.63) is 54.2 Å². The number of hydrogen-bond acceptors (Lipinski definition) is 2. The average Bonchev–Trinajstić information content (AvgIpc) is 2.43. The van der Waals surface area contributed by atoms with Crippen LogP contribution in [0.4, 0.5) is 0 Å². The minimum atomic E-state index is -1.29. The van der Waals surface area contributed by atoms with E-state index in [1.807, 2.05) is 0 Å². The van der Waals surface area contributed by atoms with Crippen molar-refractivity contribution in [2.45, 2.75) is 6.92 Å². The fraction of sp³-hybridized carbons (Fsp3) is 0.143. The second kappa shape index (κ2) is 5.83. The monoisotopic (exact) mass is 389 g/mol. The standard InChI is InChI=1S/C14H10BrCl2NO3/c1-6-11(15)13(19)10(14(20)21)12(18(6)2)7-3-4-8(16)9(17)5-7/h3-5H,1-2H3,(H,20,21). The Bertz CT molecular complexity index is 815. The molecule has 0 bridgehead atoms. The molecule has 21 heavy (non-hydrogen) atoms. The zero-order valence-electron chi connectivity index (χ0n) is 11.1. The summed E-state index contributed by atoms with van der Waals surface area (Å²) in [4.78, 5) is 23.7. The van der Waals surface area contributed by atoms with Crippen molar-refractivity contribution in [2.75, 3.05) is 0 Å². The fourth-order valence-corrected chi connectivity index (χ4v) is 2.81. The molecule has 0 aliphatic rings. The summed E-state index contributed by atoms with van der Waals surface area (Å²) in [6.45, 7) is 1.72. The van der Waals surface area contributed by atoms with E-state index in [1.54, 1.807) is 36.7 Å². The number of carboxylic acid groups (broad SMARTS) is 1. The van der Waals surface area contributed by atoms with Crippen LogP contribution in [0.25, 0.3) is 11.3 Å². The van der Waals surface area contributed by atoms with Gasteiger partial charge in [0, 0.05) is 18.3 Å². The molecule has 110 valence electrons. The molecular weight excluding hydrogens is 381 g/mol. The van der Waals surface area contributed by atoms with E-state index in [0.717, 1.165) is 0 Å². The van der Waals surface area contributed by atoms with E-state index in [1.165, 1.54) is 0 Å². The van der Waals surface area contributed by atoms with E-state index < -0.39 is 11.4 Å². The van der Waals surface area contributed by atoms with Gasteiger partial charge in [-0.1, -0.05) is 29.3 Å². The van der Waals surface area contributed by atoms with Gasteiger partial charge in [0.25, 0.3) is 0 Å². The van der Waals surface area contributed by atoms with E-state index in [2.05, 4.69) is 15.9 Å². The molecule has 0 aliphatic heterocycles. The molecule has 1 N–H and O–H groups in total. The number of rotatable bonds is 2. The molecule has 2 rings (SSSR count). The third-order valence-electron chi connectivity index (χ3n) is 3.23. The molecule has 2 aromatic rings. The van der Waals surface area contributed by atoms with E-state index in [0.29, 0.717) is 21.3 Å². The third-order valence-corrected chi connectivity index (χ3v) is 4.90. The van der Waals surface area contributed by atoms with Crippen molar-refractivity contribution in [3.8, 4) is 11.3 Å². The maximum absolute atomic E-state index is 12.2. The highest BCUT2D eigenvalue weighted by Crippen LogP contribution is 2.31. The van der Waals surface area contributed by atoms with Crippen molar-refractivity contribution in [1.29, 1.82) is 0 Å². The minimum Gasteiger partial charge on any atom is -0.477 e. The summed E-state index contributed by atoms with van der Waals surface area (Å²) in [7, 11) is 1.68. The molecule has 0 radical (unpaired) electrons. The lowest BCUT2D eigenvalue weighted by Crippen LogP contribution is -2.23. The molecule has 1 heterocycles. The summed E-state index contributed by atoms with van der Waals surface area (Å²) in [5.74, 6) is -1.29. The summed E-state index contributed by atoms with van der Waals surface area (Å²) >= 11 is 15.0. The highest BCUT2D eigenvalue weighted by molar-refractivity contribution is 9.10. The first kappa shape index (κ1) is 16.1. The van der Waals surface area contributed by atoms with E-state index in [-0.39, 0.29) is 15.7 Å². The second-order valence-electron chi connectivity index (χ2n) is 4.45. The second-order valence-corrected chi connectivity index (χ2v) is 6.05. The summed E-state index contributed by atoms with van der Waals surface area (Å²) in [6.07, 6.45) is 0. The van der Waals surface area contributed by atoms with Gasteiger partial charge in [-0.15, -0.1) is 0 Å². The summed E-state index contributed by atoms with van der Waals surface area (Å²) in [6, 6.07) is 4.73. The number of carboxylic acids is 1. The molecule has 0 spiro atoms. The van der Waals surface area contributed by atoms with Gasteiger partial charge in [0.1, 0.15) is 5.56 Å². The van der Waals surface area contributed by atoms with Gasteiger partial charge in [-0.3, -0.25) is 4.79 Å². The van der Waals surface area contributed by atoms with Gasteiger partial charge in [0.05, 0.1) is 20.2 Å². The van der Waals surface area contributed by atoms with Crippen molar-refractivity contribution in [2.24, 2.45) is 7.05 Å². The first-order chi connectivity index (χ1) is 9.75. The third kappa shape index (κ3) is 2.73. The van der Waals surface area contributed by atoms with Crippen molar-refractivity contribution in [3.63, 3.8) is 0 Å². The number of nitrogens with zero attached hydrogens (tertiary/aromatic N) is 1. The number of benzene rings is 1. The molecule has 0 amide bonds. The van der Waals surface area contributed by atoms with E-state index in [9.17, 15) is 14.7 Å². The maximum atomic E-state index is 12.2. The summed E-state index contributed by atoms with van der Waals surface area (Å²) in [5.41, 5.74) is 0.530. The topological polar surface area (TPSA) is 59.3 Å². The normalized spacial score (nSPS) is 10.7. The summed E-state index contributed by atoms with van der Waals surface area (Å²) < 4.78 is 1.86. The van der Waals surface area contributed by atoms with Crippen LogP contribution in [0.3, 0.4) is 0 Å². The maximum Gasteiger partial charge on any atom is 0.341 e. The van der Waals surface area contributed by atoms with Gasteiger partial charge in [-0.25, -0.2) is 4.79 Å². The molecule has 1 aromatic carbocycles. The van der Waals surface area contributed by atoms with Crippen molar-refractivity contribution < 1.29 is 9.90 Å². The Hall–Kier alpha value is -1.30. The van der Waals surface area contributed by atoms with Crippen molar-refractivity contribution in [1.82, 2.24) is 4.57 Å². The van der Waals surface area contributed by atoms with Crippen LogP contribution in [-0.2, 0) is 7.05 Å². The van der Waals surface area contributed by atoms with E-state index in [4.69, 9.17) is 23.2 Å². The SMILES string of the molecule is Cc1c(Br)c(=O)c(C(=O)O)c(-c2ccc(Cl)c(Cl)c2)n1C. The Morgan fingerprint density at radius 3 is 2.43 bits per heavy atom. The number of aromatic nitrogens is 1. The number of halogens is 3. The van der Waals surface area contributed by atoms with Gasteiger partial charge < -0.3 is 9.67 Å². The predicted molar refractivity (Wildman–Crippen MR) is 86.5 cm³/mol. The molecule has 0 unspecified atom stereocenters. The Labute approximate surface area is 139 Å². The van der Waals surface area contributed by atoms with Gasteiger partial charge >= 0.3 is 5.97 Å². The van der Waals surface area contributed by atoms with Crippen LogP contribution in [0.5, 0.6) is 0 Å². The van der Waals surface area contributed by atoms with Crippen LogP contribution < -0.4 is 5.43 Å². The van der Waals surface area contributed by atoms with Crippen molar-refractivity contribution >= 4 is 45.1 Å². The molecular formula is C14H10BrCl2NO3. The highest BCUT2D eigenvalue weighted by atomic mass is 79.9. The molecule has 0 atom stereocenters. The number of pyridine rings is 1. The predicted octanol–water partition coefficient (Wildman–Crippen LogP) is 4.13. The largest absolute Gasteiger partial charge is 0.477 e. The number of carbonyl (C=O) groups is 1. The average molecular weight is 391 g/mol. The molecule has 1 aromatic heterocycles. The minimum absolute atomic E-state index is 0.228. The Balaban J connectivity index is 2.94. The Kier molecular flexibility index (Phi) is 4.46. The van der Waals surface area contributed by atoms with Crippen LogP contribution in [0, 0.1) is 6.92 Å². The number of aromatic carboxylic acids is 1. The Morgan fingerprint density at radius 2 is 1.90 bits per heavy atom. The lowest BCUT2D eigenvalue weighted by atomic mass is 10.0. The molecule has 4 nitrogen and oxygen atoms in total. The lowest BCUT2D eigenvalue weighted by Gasteiger charge is -2.17. The zero-order chi connectivity index (χ0) is 15.9. The molecule has 0 aliphatic carbocycles. The molecule has 7 heteroatoms. The first-order valence-corrected chi connectivity index (χ1v) is 7.38. The van der Waals surface area contributed by atoms with Gasteiger partial charge in [0.2, 0.25) is 5.43 Å². The van der Waals surface area contributed by atoms with Crippen LogP contribution in [0.15, 0.2) is 27.5 Å². The fourth-order valence-electron chi connectivity index (χ4n) is 2.04. The Morgan fingerprint density at radius 1 is 1.29 bits per heavy atom.